The second kappa shape index (κ2) is 7.83. The smallest absolute Gasteiger partial charge is 0.241 e. The highest BCUT2D eigenvalue weighted by Crippen LogP contribution is 2.20. The van der Waals surface area contributed by atoms with Crippen molar-refractivity contribution in [2.45, 2.75) is 44.3 Å². The van der Waals surface area contributed by atoms with Gasteiger partial charge in [0.2, 0.25) is 10.0 Å². The predicted octanol–water partition coefficient (Wildman–Crippen LogP) is 3.85. The first-order valence-corrected chi connectivity index (χ1v) is 9.72. The minimum Gasteiger partial charge on any atom is -0.308 e. The molecule has 0 spiro atoms. The van der Waals surface area contributed by atoms with Crippen LogP contribution in [-0.4, -0.2) is 14.0 Å². The minimum atomic E-state index is -3.65. The average Bonchev–Trinajstić information content (AvgIpc) is 2.48. The summed E-state index contributed by atoms with van der Waals surface area (Å²) in [5.41, 5.74) is 0.379. The number of hydrogen-bond donors (Lipinski definition) is 2. The zero-order chi connectivity index (χ0) is 18.7. The summed E-state index contributed by atoms with van der Waals surface area (Å²) in [7, 11) is -3.65. The first-order valence-electron chi connectivity index (χ1n) is 7.86. The fourth-order valence-corrected chi connectivity index (χ4v) is 4.28. The van der Waals surface area contributed by atoms with Crippen LogP contribution in [-0.2, 0) is 23.1 Å². The Morgan fingerprint density at radius 2 is 1.72 bits per heavy atom. The van der Waals surface area contributed by atoms with E-state index in [4.69, 9.17) is 11.6 Å². The van der Waals surface area contributed by atoms with Crippen molar-refractivity contribution in [1.29, 1.82) is 0 Å². The van der Waals surface area contributed by atoms with E-state index in [0.717, 1.165) is 0 Å². The van der Waals surface area contributed by atoms with E-state index in [1.807, 2.05) is 0 Å². The SMILES string of the molecule is CC(C)(C)NS(=O)(=O)c1ccccc1CNCc1c(F)cccc1Cl. The zero-order valence-electron chi connectivity index (χ0n) is 14.4. The lowest BCUT2D eigenvalue weighted by atomic mass is 10.1. The molecule has 0 heterocycles. The Kier molecular flexibility index (Phi) is 6.21. The first kappa shape index (κ1) is 19.8. The number of benzene rings is 2. The molecule has 2 rings (SSSR count). The molecule has 0 unspecified atom stereocenters. The molecule has 0 aromatic heterocycles. The largest absolute Gasteiger partial charge is 0.308 e. The molecule has 7 heteroatoms. The van der Waals surface area contributed by atoms with Gasteiger partial charge in [0.05, 0.1) is 4.90 Å². The van der Waals surface area contributed by atoms with Crippen molar-refractivity contribution in [3.63, 3.8) is 0 Å². The van der Waals surface area contributed by atoms with E-state index in [1.165, 1.54) is 6.07 Å². The summed E-state index contributed by atoms with van der Waals surface area (Å²) in [6.07, 6.45) is 0. The molecule has 0 fully saturated rings. The van der Waals surface area contributed by atoms with Crippen molar-refractivity contribution in [3.05, 3.63) is 64.4 Å². The number of hydrogen-bond acceptors (Lipinski definition) is 3. The molecule has 136 valence electrons. The third-order valence-corrected chi connectivity index (χ3v) is 5.59. The van der Waals surface area contributed by atoms with Crippen LogP contribution in [0.15, 0.2) is 47.4 Å². The Bertz CT molecular complexity index is 828. The number of sulfonamides is 1. The Labute approximate surface area is 153 Å². The van der Waals surface area contributed by atoms with E-state index < -0.39 is 21.4 Å². The van der Waals surface area contributed by atoms with Gasteiger partial charge in [-0.05, 0) is 44.5 Å². The highest BCUT2D eigenvalue weighted by Gasteiger charge is 2.24. The van der Waals surface area contributed by atoms with Crippen molar-refractivity contribution in [2.24, 2.45) is 0 Å². The molecule has 0 saturated carbocycles. The summed E-state index contributed by atoms with van der Waals surface area (Å²) in [4.78, 5) is 0.206. The summed E-state index contributed by atoms with van der Waals surface area (Å²) in [5.74, 6) is -0.393. The van der Waals surface area contributed by atoms with Crippen LogP contribution in [0.25, 0.3) is 0 Å². The van der Waals surface area contributed by atoms with Gasteiger partial charge in [0, 0.05) is 29.2 Å². The molecule has 0 atom stereocenters. The molecule has 0 aliphatic rings. The number of rotatable bonds is 6. The van der Waals surface area contributed by atoms with Gasteiger partial charge in [0.1, 0.15) is 5.82 Å². The molecule has 2 aromatic carbocycles. The van der Waals surface area contributed by atoms with E-state index >= 15 is 0 Å². The van der Waals surface area contributed by atoms with E-state index in [9.17, 15) is 12.8 Å². The van der Waals surface area contributed by atoms with Crippen LogP contribution >= 0.6 is 11.6 Å². The Balaban J connectivity index is 2.16. The van der Waals surface area contributed by atoms with Gasteiger partial charge in [0.25, 0.3) is 0 Å². The van der Waals surface area contributed by atoms with Gasteiger partial charge in [-0.1, -0.05) is 35.9 Å². The summed E-state index contributed by atoms with van der Waals surface area (Å²) in [5, 5.41) is 3.39. The van der Waals surface area contributed by atoms with Gasteiger partial charge in [-0.3, -0.25) is 0 Å². The second-order valence-electron chi connectivity index (χ2n) is 6.77. The van der Waals surface area contributed by atoms with Crippen molar-refractivity contribution in [1.82, 2.24) is 10.0 Å². The van der Waals surface area contributed by atoms with E-state index in [1.54, 1.807) is 57.2 Å². The molecule has 0 amide bonds. The van der Waals surface area contributed by atoms with Crippen LogP contribution in [0.4, 0.5) is 4.39 Å². The molecule has 2 aromatic rings. The zero-order valence-corrected chi connectivity index (χ0v) is 16.0. The van der Waals surface area contributed by atoms with Crippen molar-refractivity contribution in [2.75, 3.05) is 0 Å². The fraction of sp³-hybridized carbons (Fsp3) is 0.333. The molecule has 0 aliphatic heterocycles. The Morgan fingerprint density at radius 3 is 2.36 bits per heavy atom. The summed E-state index contributed by atoms with van der Waals surface area (Å²) >= 11 is 6.00. The van der Waals surface area contributed by atoms with Crippen LogP contribution < -0.4 is 10.0 Å². The summed E-state index contributed by atoms with van der Waals surface area (Å²) < 4.78 is 41.6. The Morgan fingerprint density at radius 1 is 1.04 bits per heavy atom. The van der Waals surface area contributed by atoms with Gasteiger partial charge in [-0.25, -0.2) is 17.5 Å². The maximum Gasteiger partial charge on any atom is 0.241 e. The van der Waals surface area contributed by atoms with Crippen LogP contribution in [0.1, 0.15) is 31.9 Å². The van der Waals surface area contributed by atoms with Crippen LogP contribution in [0.2, 0.25) is 5.02 Å². The minimum absolute atomic E-state index is 0.201. The third-order valence-electron chi connectivity index (χ3n) is 3.38. The van der Waals surface area contributed by atoms with Crippen LogP contribution in [0.5, 0.6) is 0 Å². The van der Waals surface area contributed by atoms with E-state index in [2.05, 4.69) is 10.0 Å². The predicted molar refractivity (Wildman–Crippen MR) is 98.5 cm³/mol. The summed E-state index contributed by atoms with van der Waals surface area (Å²) in [6, 6.07) is 11.2. The van der Waals surface area contributed by atoms with Gasteiger partial charge in [-0.2, -0.15) is 0 Å². The van der Waals surface area contributed by atoms with Crippen molar-refractivity contribution < 1.29 is 12.8 Å². The molecule has 0 aliphatic carbocycles. The first-order chi connectivity index (χ1) is 11.6. The third kappa shape index (κ3) is 5.51. The fourth-order valence-electron chi connectivity index (χ4n) is 2.39. The summed E-state index contributed by atoms with van der Waals surface area (Å²) in [6.45, 7) is 5.82. The second-order valence-corrected chi connectivity index (χ2v) is 8.83. The molecular weight excluding hydrogens is 363 g/mol. The molecule has 0 bridgehead atoms. The topological polar surface area (TPSA) is 58.2 Å². The lowest BCUT2D eigenvalue weighted by Crippen LogP contribution is -2.40. The number of halogens is 2. The molecule has 0 saturated heterocycles. The van der Waals surface area contributed by atoms with Gasteiger partial charge in [-0.15, -0.1) is 0 Å². The van der Waals surface area contributed by atoms with Gasteiger partial charge in [0.15, 0.2) is 0 Å². The normalized spacial score (nSPS) is 12.4. The maximum atomic E-state index is 13.8. The molecule has 4 nitrogen and oxygen atoms in total. The molecule has 2 N–H and O–H groups in total. The van der Waals surface area contributed by atoms with Crippen molar-refractivity contribution >= 4 is 21.6 Å². The molecule has 25 heavy (non-hydrogen) atoms. The van der Waals surface area contributed by atoms with Crippen LogP contribution in [0, 0.1) is 5.82 Å². The monoisotopic (exact) mass is 384 g/mol. The lowest BCUT2D eigenvalue weighted by molar-refractivity contribution is 0.490. The van der Waals surface area contributed by atoms with Crippen LogP contribution in [0.3, 0.4) is 0 Å². The standard InChI is InChI=1S/C18H22ClFN2O2S/c1-18(2,3)22-25(23,24)17-10-5-4-7-13(17)11-21-12-14-15(19)8-6-9-16(14)20/h4-10,21-22H,11-12H2,1-3H3. The quantitative estimate of drug-likeness (QED) is 0.795. The van der Waals surface area contributed by atoms with E-state index in [0.29, 0.717) is 16.1 Å². The van der Waals surface area contributed by atoms with Crippen molar-refractivity contribution in [3.8, 4) is 0 Å². The number of nitrogens with one attached hydrogen (secondary N) is 2. The average molecular weight is 385 g/mol. The Hall–Kier alpha value is -1.47. The van der Waals surface area contributed by atoms with Gasteiger partial charge < -0.3 is 5.32 Å². The highest BCUT2D eigenvalue weighted by molar-refractivity contribution is 7.89. The molecule has 0 radical (unpaired) electrons. The highest BCUT2D eigenvalue weighted by atomic mass is 35.5. The lowest BCUT2D eigenvalue weighted by Gasteiger charge is -2.21. The van der Waals surface area contributed by atoms with Gasteiger partial charge >= 0.3 is 0 Å². The van der Waals surface area contributed by atoms with E-state index in [-0.39, 0.29) is 18.0 Å². The maximum absolute atomic E-state index is 13.8. The molecular formula is C18H22ClFN2O2S.